The molecule has 188 valence electrons. The van der Waals surface area contributed by atoms with E-state index in [0.29, 0.717) is 0 Å². The molecule has 3 amide bonds. The maximum absolute atomic E-state index is 12.5. The first kappa shape index (κ1) is 29.9. The summed E-state index contributed by atoms with van der Waals surface area (Å²) < 4.78 is 0. The van der Waals surface area contributed by atoms with Gasteiger partial charge in [-0.3, -0.25) is 24.2 Å². The summed E-state index contributed by atoms with van der Waals surface area (Å²) in [7, 11) is 0. The lowest BCUT2D eigenvalue weighted by Gasteiger charge is -2.25. The minimum Gasteiger partial charge on any atom is -0.481 e. The van der Waals surface area contributed by atoms with Crippen molar-refractivity contribution in [1.82, 2.24) is 16.0 Å². The number of carbonyl (C=O) groups is 5. The number of carbonyl (C=O) groups excluding carboxylic acids is 3. The molecule has 16 heteroatoms. The van der Waals surface area contributed by atoms with Gasteiger partial charge in [0.15, 0.2) is 5.96 Å². The van der Waals surface area contributed by atoms with Crippen molar-refractivity contribution in [3.05, 3.63) is 0 Å². The molecule has 0 heterocycles. The van der Waals surface area contributed by atoms with Gasteiger partial charge in [-0.15, -0.1) is 0 Å². The Balaban J connectivity index is 5.13. The van der Waals surface area contributed by atoms with Crippen LogP contribution in [0.2, 0.25) is 0 Å². The predicted octanol–water partition coefficient (Wildman–Crippen LogP) is -4.31. The molecular weight excluding hydrogens is 462 g/mol. The number of aliphatic hydroxyl groups excluding tert-OH is 1. The molecule has 0 aliphatic carbocycles. The fourth-order valence-electron chi connectivity index (χ4n) is 2.44. The Bertz CT molecular complexity index is 745. The van der Waals surface area contributed by atoms with Crippen LogP contribution in [0, 0.1) is 0 Å². The minimum atomic E-state index is -1.57. The van der Waals surface area contributed by atoms with E-state index >= 15 is 0 Å². The Labute approximate surface area is 194 Å². The van der Waals surface area contributed by atoms with E-state index in [1.54, 1.807) is 0 Å². The van der Waals surface area contributed by atoms with Crippen molar-refractivity contribution < 1.29 is 39.3 Å². The summed E-state index contributed by atoms with van der Waals surface area (Å²) in [5.41, 5.74) is 15.8. The Morgan fingerprint density at radius 1 is 0.970 bits per heavy atom. The predicted molar refractivity (Wildman–Crippen MR) is 119 cm³/mol. The van der Waals surface area contributed by atoms with E-state index in [0.717, 1.165) is 0 Å². The molecule has 0 aromatic rings. The number of rotatable bonds is 15. The third-order valence-corrected chi connectivity index (χ3v) is 4.53. The number of aliphatic imine (C=N–C) groups is 1. The van der Waals surface area contributed by atoms with E-state index in [4.69, 9.17) is 22.3 Å². The van der Waals surface area contributed by atoms with Gasteiger partial charge in [0, 0.05) is 12.3 Å². The summed E-state index contributed by atoms with van der Waals surface area (Å²) in [5, 5.41) is 34.5. The normalized spacial score (nSPS) is 15.2. The Kier molecular flexibility index (Phi) is 13.5. The highest BCUT2D eigenvalue weighted by Gasteiger charge is 2.32. The number of carboxylic acid groups (broad SMARTS) is 2. The van der Waals surface area contributed by atoms with Crippen LogP contribution < -0.4 is 33.2 Å². The molecule has 0 radical (unpaired) electrons. The lowest BCUT2D eigenvalue weighted by molar-refractivity contribution is -0.142. The van der Waals surface area contributed by atoms with Crippen molar-refractivity contribution in [3.8, 4) is 0 Å². The zero-order chi connectivity index (χ0) is 25.7. The van der Waals surface area contributed by atoms with Crippen molar-refractivity contribution >= 4 is 48.2 Å². The second-order valence-electron chi connectivity index (χ2n) is 7.02. The van der Waals surface area contributed by atoms with Crippen LogP contribution in [0.5, 0.6) is 0 Å². The molecule has 0 spiro atoms. The van der Waals surface area contributed by atoms with Gasteiger partial charge in [0.2, 0.25) is 17.7 Å². The van der Waals surface area contributed by atoms with Crippen molar-refractivity contribution in [2.75, 3.05) is 12.3 Å². The van der Waals surface area contributed by atoms with E-state index in [2.05, 4.69) is 33.6 Å². The molecule has 0 bridgehead atoms. The molecule has 0 saturated carbocycles. The highest BCUT2D eigenvalue weighted by molar-refractivity contribution is 7.80. The zero-order valence-electron chi connectivity index (χ0n) is 17.9. The molecule has 0 aliphatic heterocycles. The van der Waals surface area contributed by atoms with Crippen LogP contribution in [0.1, 0.15) is 26.2 Å². The summed E-state index contributed by atoms with van der Waals surface area (Å²) in [6, 6.07) is -5.66. The summed E-state index contributed by atoms with van der Waals surface area (Å²) in [4.78, 5) is 62.8. The largest absolute Gasteiger partial charge is 0.481 e. The van der Waals surface area contributed by atoms with E-state index < -0.39 is 66.4 Å². The van der Waals surface area contributed by atoms with Gasteiger partial charge in [0.05, 0.1) is 18.6 Å². The maximum Gasteiger partial charge on any atom is 0.326 e. The smallest absolute Gasteiger partial charge is 0.326 e. The van der Waals surface area contributed by atoms with E-state index in [9.17, 15) is 34.2 Å². The molecule has 0 saturated heterocycles. The third-order valence-electron chi connectivity index (χ3n) is 4.17. The van der Waals surface area contributed by atoms with Crippen LogP contribution in [-0.2, 0) is 24.0 Å². The van der Waals surface area contributed by atoms with Crippen molar-refractivity contribution in [3.63, 3.8) is 0 Å². The second kappa shape index (κ2) is 14.9. The van der Waals surface area contributed by atoms with Gasteiger partial charge in [0.1, 0.15) is 18.1 Å². The minimum absolute atomic E-state index is 0.00108. The number of guanidine groups is 1. The van der Waals surface area contributed by atoms with Crippen LogP contribution in [0.3, 0.4) is 0 Å². The number of nitrogens with one attached hydrogen (secondary N) is 3. The lowest BCUT2D eigenvalue weighted by Crippen LogP contribution is -2.60. The Hall–Kier alpha value is -3.11. The average Bonchev–Trinajstić information content (AvgIpc) is 2.70. The van der Waals surface area contributed by atoms with Gasteiger partial charge in [-0.1, -0.05) is 0 Å². The molecule has 0 rings (SSSR count). The number of amides is 3. The topological polar surface area (TPSA) is 273 Å². The van der Waals surface area contributed by atoms with Gasteiger partial charge in [-0.2, -0.15) is 12.6 Å². The monoisotopic (exact) mass is 493 g/mol. The van der Waals surface area contributed by atoms with Gasteiger partial charge in [-0.05, 0) is 19.8 Å². The third kappa shape index (κ3) is 11.9. The number of hydrogen-bond acceptors (Lipinski definition) is 9. The number of thiol groups is 1. The number of nitrogens with two attached hydrogens (primary N) is 3. The summed E-state index contributed by atoms with van der Waals surface area (Å²) >= 11 is 3.97. The van der Waals surface area contributed by atoms with E-state index in [-0.39, 0.29) is 31.1 Å². The van der Waals surface area contributed by atoms with Gasteiger partial charge in [0.25, 0.3) is 0 Å². The van der Waals surface area contributed by atoms with Crippen LogP contribution in [0.25, 0.3) is 0 Å². The van der Waals surface area contributed by atoms with Gasteiger partial charge in [-0.25, -0.2) is 4.79 Å². The number of nitrogens with zero attached hydrogens (tertiary/aromatic N) is 1. The Morgan fingerprint density at radius 3 is 2.00 bits per heavy atom. The fourth-order valence-corrected chi connectivity index (χ4v) is 2.69. The summed E-state index contributed by atoms with van der Waals surface area (Å²) in [6.07, 6.45) is -1.89. The van der Waals surface area contributed by atoms with Crippen LogP contribution in [0.4, 0.5) is 0 Å². The number of aliphatic hydroxyl groups is 1. The second-order valence-corrected chi connectivity index (χ2v) is 7.39. The van der Waals surface area contributed by atoms with Crippen LogP contribution >= 0.6 is 12.6 Å². The zero-order valence-corrected chi connectivity index (χ0v) is 18.8. The van der Waals surface area contributed by atoms with Gasteiger partial charge >= 0.3 is 11.9 Å². The lowest BCUT2D eigenvalue weighted by atomic mass is 10.1. The first-order chi connectivity index (χ1) is 15.3. The number of aliphatic carboxylic acids is 2. The molecule has 33 heavy (non-hydrogen) atoms. The molecule has 15 nitrogen and oxygen atoms in total. The fraction of sp³-hybridized carbons (Fsp3) is 0.647. The number of hydrogen-bond donors (Lipinski definition) is 10. The van der Waals surface area contributed by atoms with Crippen molar-refractivity contribution in [2.45, 2.75) is 56.5 Å². The van der Waals surface area contributed by atoms with Gasteiger partial charge < -0.3 is 48.5 Å². The van der Waals surface area contributed by atoms with E-state index in [1.165, 1.54) is 6.92 Å². The molecule has 0 aromatic carbocycles. The molecule has 0 aliphatic rings. The summed E-state index contributed by atoms with van der Waals surface area (Å²) in [6.45, 7) is 1.33. The molecular formula is C17H31N7O8S. The molecule has 5 unspecified atom stereocenters. The molecule has 12 N–H and O–H groups in total. The molecule has 0 aromatic heterocycles. The highest BCUT2D eigenvalue weighted by atomic mass is 32.1. The quantitative estimate of drug-likeness (QED) is 0.0451. The highest BCUT2D eigenvalue weighted by Crippen LogP contribution is 2.02. The van der Waals surface area contributed by atoms with Crippen LogP contribution in [0.15, 0.2) is 4.99 Å². The SMILES string of the molecule is CC(O)C(NC(=O)C(N)CC(=O)O)C(=O)NC(CS)C(=O)NC(CCCN=C(N)N)C(=O)O. The van der Waals surface area contributed by atoms with Crippen molar-refractivity contribution in [2.24, 2.45) is 22.2 Å². The van der Waals surface area contributed by atoms with E-state index in [1.807, 2.05) is 0 Å². The standard InChI is InChI=1S/C17H31N7O8S/c1-7(25)12(24-13(28)8(18)5-11(26)27)15(30)23-10(6-33)14(29)22-9(16(31)32)3-2-4-21-17(19)20/h7-10,12,25,33H,2-6,18H2,1H3,(H,22,29)(H,23,30)(H,24,28)(H,26,27)(H,31,32)(H4,19,20,21). The Morgan fingerprint density at radius 2 is 1.55 bits per heavy atom. The summed E-state index contributed by atoms with van der Waals surface area (Å²) in [5.74, 6) is -5.92. The molecule has 5 atom stereocenters. The van der Waals surface area contributed by atoms with Crippen molar-refractivity contribution in [1.29, 1.82) is 0 Å². The molecule has 0 fully saturated rings. The first-order valence-corrected chi connectivity index (χ1v) is 10.4. The number of carboxylic acids is 2. The van der Waals surface area contributed by atoms with Crippen LogP contribution in [-0.4, -0.2) is 93.5 Å². The maximum atomic E-state index is 12.5. The average molecular weight is 494 g/mol. The first-order valence-electron chi connectivity index (χ1n) is 9.75.